The normalized spacial score (nSPS) is 10.2. The average Bonchev–Trinajstić information content (AvgIpc) is 2.31. The second-order valence-electron chi connectivity index (χ2n) is 3.78. The van der Waals surface area contributed by atoms with E-state index in [1.54, 1.807) is 30.5 Å². The molecule has 0 spiro atoms. The molecule has 18 heavy (non-hydrogen) atoms. The van der Waals surface area contributed by atoms with E-state index < -0.39 is 0 Å². The van der Waals surface area contributed by atoms with E-state index in [9.17, 15) is 4.79 Å². The van der Waals surface area contributed by atoms with Crippen LogP contribution in [0.1, 0.15) is 23.0 Å². The smallest absolute Gasteiger partial charge is 0.322 e. The highest BCUT2D eigenvalue weighted by Gasteiger charge is 2.08. The van der Waals surface area contributed by atoms with Crippen molar-refractivity contribution in [1.29, 1.82) is 0 Å². The molecule has 0 unspecified atom stereocenters. The molecule has 0 aliphatic heterocycles. The van der Waals surface area contributed by atoms with Crippen LogP contribution in [-0.2, 0) is 0 Å². The first kappa shape index (κ1) is 12.5. The molecule has 0 saturated heterocycles. The molecular weight excluding hydrogens is 252 g/mol. The van der Waals surface area contributed by atoms with E-state index in [4.69, 9.17) is 16.3 Å². The Hall–Kier alpha value is -1.94. The highest BCUT2D eigenvalue weighted by atomic mass is 35.5. The van der Waals surface area contributed by atoms with Crippen molar-refractivity contribution in [1.82, 2.24) is 9.97 Å². The lowest BCUT2D eigenvalue weighted by Gasteiger charge is -2.06. The number of halogens is 1. The molecule has 1 heterocycles. The van der Waals surface area contributed by atoms with Crippen molar-refractivity contribution < 1.29 is 9.53 Å². The van der Waals surface area contributed by atoms with Crippen LogP contribution in [0.4, 0.5) is 0 Å². The van der Waals surface area contributed by atoms with Gasteiger partial charge in [0.25, 0.3) is 0 Å². The van der Waals surface area contributed by atoms with Crippen LogP contribution in [0.25, 0.3) is 0 Å². The summed E-state index contributed by atoms with van der Waals surface area (Å²) in [6.07, 6.45) is 1.61. The van der Waals surface area contributed by atoms with E-state index in [1.807, 2.05) is 6.92 Å². The Labute approximate surface area is 110 Å². The summed E-state index contributed by atoms with van der Waals surface area (Å²) in [5.41, 5.74) is 1.34. The summed E-state index contributed by atoms with van der Waals surface area (Å²) in [5.74, 6) is 0.377. The van der Waals surface area contributed by atoms with Crippen LogP contribution >= 0.6 is 11.6 Å². The summed E-state index contributed by atoms with van der Waals surface area (Å²) < 4.78 is 5.46. The first-order chi connectivity index (χ1) is 8.56. The van der Waals surface area contributed by atoms with Crippen LogP contribution in [-0.4, -0.2) is 15.8 Å². The van der Waals surface area contributed by atoms with Gasteiger partial charge in [-0.25, -0.2) is 9.97 Å². The predicted octanol–water partition coefficient (Wildman–Crippen LogP) is 3.43. The third-order valence-electron chi connectivity index (χ3n) is 2.31. The van der Waals surface area contributed by atoms with Gasteiger partial charge in [-0.2, -0.15) is 0 Å². The molecule has 0 aliphatic carbocycles. The maximum absolute atomic E-state index is 11.2. The van der Waals surface area contributed by atoms with Crippen LogP contribution in [0.5, 0.6) is 11.8 Å². The second-order valence-corrected chi connectivity index (χ2v) is 4.19. The van der Waals surface area contributed by atoms with Crippen LogP contribution in [0.2, 0.25) is 5.02 Å². The molecule has 0 bridgehead atoms. The van der Waals surface area contributed by atoms with Gasteiger partial charge >= 0.3 is 6.01 Å². The van der Waals surface area contributed by atoms with Gasteiger partial charge in [-0.1, -0.05) is 11.6 Å². The SMILES string of the molecule is CC(=O)c1ccc(Oc2nccc(C)n2)c(Cl)c1. The quantitative estimate of drug-likeness (QED) is 0.795. The van der Waals surface area contributed by atoms with E-state index >= 15 is 0 Å². The molecule has 0 amide bonds. The van der Waals surface area contributed by atoms with Gasteiger partial charge in [-0.3, -0.25) is 4.79 Å². The van der Waals surface area contributed by atoms with Crippen LogP contribution in [0.3, 0.4) is 0 Å². The predicted molar refractivity (Wildman–Crippen MR) is 68.3 cm³/mol. The highest BCUT2D eigenvalue weighted by molar-refractivity contribution is 6.32. The number of ketones is 1. The van der Waals surface area contributed by atoms with E-state index in [1.165, 1.54) is 6.92 Å². The largest absolute Gasteiger partial charge is 0.423 e. The first-order valence-corrected chi connectivity index (χ1v) is 5.72. The lowest BCUT2D eigenvalue weighted by molar-refractivity contribution is 0.101. The molecule has 1 aromatic heterocycles. The minimum Gasteiger partial charge on any atom is -0.423 e. The molecule has 0 N–H and O–H groups in total. The fourth-order valence-corrected chi connectivity index (χ4v) is 1.60. The van der Waals surface area contributed by atoms with Crippen molar-refractivity contribution in [3.8, 4) is 11.8 Å². The molecular formula is C13H11ClN2O2. The molecule has 0 atom stereocenters. The summed E-state index contributed by atoms with van der Waals surface area (Å²) in [6.45, 7) is 3.32. The van der Waals surface area contributed by atoms with Gasteiger partial charge in [0.2, 0.25) is 0 Å². The zero-order valence-corrected chi connectivity index (χ0v) is 10.7. The van der Waals surface area contributed by atoms with Crippen LogP contribution < -0.4 is 4.74 Å². The summed E-state index contributed by atoms with van der Waals surface area (Å²) in [5, 5.41) is 0.354. The zero-order valence-electron chi connectivity index (χ0n) is 9.98. The van der Waals surface area contributed by atoms with E-state index in [0.717, 1.165) is 5.69 Å². The van der Waals surface area contributed by atoms with Crippen molar-refractivity contribution in [3.05, 3.63) is 46.7 Å². The Balaban J connectivity index is 2.27. The van der Waals surface area contributed by atoms with Crippen molar-refractivity contribution in [2.45, 2.75) is 13.8 Å². The molecule has 4 nitrogen and oxygen atoms in total. The molecule has 1 aromatic carbocycles. The van der Waals surface area contributed by atoms with E-state index in [2.05, 4.69) is 9.97 Å². The monoisotopic (exact) mass is 262 g/mol. The minimum atomic E-state index is -0.0461. The van der Waals surface area contributed by atoms with Gasteiger partial charge in [0.05, 0.1) is 5.02 Å². The van der Waals surface area contributed by atoms with E-state index in [-0.39, 0.29) is 11.8 Å². The van der Waals surface area contributed by atoms with Crippen molar-refractivity contribution >= 4 is 17.4 Å². The fourth-order valence-electron chi connectivity index (χ4n) is 1.38. The topological polar surface area (TPSA) is 52.1 Å². The van der Waals surface area contributed by atoms with Crippen molar-refractivity contribution in [3.63, 3.8) is 0 Å². The van der Waals surface area contributed by atoms with Gasteiger partial charge < -0.3 is 4.74 Å². The molecule has 0 aliphatic rings. The van der Waals surface area contributed by atoms with Gasteiger partial charge in [-0.05, 0) is 38.1 Å². The number of nitrogens with zero attached hydrogens (tertiary/aromatic N) is 2. The second kappa shape index (κ2) is 5.14. The Morgan fingerprint density at radius 3 is 2.72 bits per heavy atom. The third kappa shape index (κ3) is 2.84. The minimum absolute atomic E-state index is 0.0461. The molecule has 92 valence electrons. The van der Waals surface area contributed by atoms with Gasteiger partial charge in [0.1, 0.15) is 5.75 Å². The number of rotatable bonds is 3. The van der Waals surface area contributed by atoms with Gasteiger partial charge in [-0.15, -0.1) is 0 Å². The van der Waals surface area contributed by atoms with Crippen molar-refractivity contribution in [2.24, 2.45) is 0 Å². The molecule has 0 fully saturated rings. The molecule has 0 radical (unpaired) electrons. The summed E-state index contributed by atoms with van der Waals surface area (Å²) in [6, 6.07) is 6.85. The Kier molecular flexibility index (Phi) is 3.58. The maximum Gasteiger partial charge on any atom is 0.322 e. The summed E-state index contributed by atoms with van der Waals surface area (Å²) >= 11 is 6.03. The molecule has 2 aromatic rings. The summed E-state index contributed by atoms with van der Waals surface area (Å²) in [4.78, 5) is 19.3. The van der Waals surface area contributed by atoms with Crippen LogP contribution in [0.15, 0.2) is 30.5 Å². The summed E-state index contributed by atoms with van der Waals surface area (Å²) in [7, 11) is 0. The molecule has 2 rings (SSSR count). The number of aromatic nitrogens is 2. The number of benzene rings is 1. The lowest BCUT2D eigenvalue weighted by atomic mass is 10.1. The van der Waals surface area contributed by atoms with E-state index in [0.29, 0.717) is 16.3 Å². The Morgan fingerprint density at radius 2 is 2.11 bits per heavy atom. The number of hydrogen-bond acceptors (Lipinski definition) is 4. The number of Topliss-reactive ketones (excluding diaryl/α,β-unsaturated/α-hetero) is 1. The average molecular weight is 263 g/mol. The van der Waals surface area contributed by atoms with Gasteiger partial charge in [0.15, 0.2) is 5.78 Å². The Morgan fingerprint density at radius 1 is 1.33 bits per heavy atom. The zero-order chi connectivity index (χ0) is 13.1. The number of aryl methyl sites for hydroxylation is 1. The first-order valence-electron chi connectivity index (χ1n) is 5.34. The van der Waals surface area contributed by atoms with Crippen LogP contribution in [0, 0.1) is 6.92 Å². The fraction of sp³-hybridized carbons (Fsp3) is 0.154. The number of carbonyl (C=O) groups is 1. The Bertz CT molecular complexity index is 599. The standard InChI is InChI=1S/C13H11ClN2O2/c1-8-5-6-15-13(16-8)18-12-4-3-10(9(2)17)7-11(12)14/h3-7H,1-2H3. The lowest BCUT2D eigenvalue weighted by Crippen LogP contribution is -1.95. The third-order valence-corrected chi connectivity index (χ3v) is 2.61. The highest BCUT2D eigenvalue weighted by Crippen LogP contribution is 2.28. The number of carbonyl (C=O) groups excluding carboxylic acids is 1. The van der Waals surface area contributed by atoms with Gasteiger partial charge in [0, 0.05) is 17.5 Å². The molecule has 5 heteroatoms. The maximum atomic E-state index is 11.2. The molecule has 0 saturated carbocycles. The van der Waals surface area contributed by atoms with Crippen molar-refractivity contribution in [2.75, 3.05) is 0 Å². The number of hydrogen-bond donors (Lipinski definition) is 0. The number of ether oxygens (including phenoxy) is 1.